The summed E-state index contributed by atoms with van der Waals surface area (Å²) in [6.45, 7) is 0.890. The molecule has 0 unspecified atom stereocenters. The quantitative estimate of drug-likeness (QED) is 0.609. The van der Waals surface area contributed by atoms with Gasteiger partial charge in [-0.2, -0.15) is 0 Å². The van der Waals surface area contributed by atoms with Gasteiger partial charge in [0.15, 0.2) is 6.61 Å². The minimum absolute atomic E-state index is 0.0702. The van der Waals surface area contributed by atoms with Gasteiger partial charge in [0.1, 0.15) is 5.75 Å². The van der Waals surface area contributed by atoms with Gasteiger partial charge in [-0.05, 0) is 18.9 Å². The van der Waals surface area contributed by atoms with E-state index in [1.54, 1.807) is 6.07 Å². The van der Waals surface area contributed by atoms with E-state index in [0.717, 1.165) is 12.8 Å². The minimum atomic E-state index is -0.511. The van der Waals surface area contributed by atoms with Crippen molar-refractivity contribution in [2.75, 3.05) is 19.8 Å². The topological polar surface area (TPSA) is 81.9 Å². The molecule has 1 aliphatic heterocycles. The molecule has 0 spiro atoms. The third kappa shape index (κ3) is 3.65. The lowest BCUT2D eigenvalue weighted by molar-refractivity contribution is -0.384. The van der Waals surface area contributed by atoms with Crippen molar-refractivity contribution in [3.63, 3.8) is 0 Å². The largest absolute Gasteiger partial charge is 0.483 e. The molecule has 1 amide bonds. The standard InChI is InChI=1S/C12H14N2O5/c15-12(13-6-1-2-7-19-13)9-18-11-5-3-4-10(8-11)14(16)17/h3-5,8H,1-2,6-7,9H2. The molecule has 102 valence electrons. The summed E-state index contributed by atoms with van der Waals surface area (Å²) in [7, 11) is 0. The van der Waals surface area contributed by atoms with Crippen molar-refractivity contribution < 1.29 is 19.3 Å². The zero-order valence-corrected chi connectivity index (χ0v) is 10.3. The summed E-state index contributed by atoms with van der Waals surface area (Å²) in [5.74, 6) is 0.00534. The monoisotopic (exact) mass is 266 g/mol. The van der Waals surface area contributed by atoms with Crippen molar-refractivity contribution in [3.05, 3.63) is 34.4 Å². The average molecular weight is 266 g/mol. The van der Waals surface area contributed by atoms with E-state index < -0.39 is 4.92 Å². The van der Waals surface area contributed by atoms with E-state index in [-0.39, 0.29) is 18.2 Å². The van der Waals surface area contributed by atoms with Gasteiger partial charge in [-0.1, -0.05) is 6.07 Å². The Morgan fingerprint density at radius 1 is 1.47 bits per heavy atom. The van der Waals surface area contributed by atoms with Crippen molar-refractivity contribution in [3.8, 4) is 5.75 Å². The first-order valence-corrected chi connectivity index (χ1v) is 5.97. The second kappa shape index (κ2) is 6.14. The van der Waals surface area contributed by atoms with Crippen LogP contribution in [0.5, 0.6) is 5.75 Å². The molecule has 0 aliphatic carbocycles. The minimum Gasteiger partial charge on any atom is -0.483 e. The number of hydrogen-bond donors (Lipinski definition) is 0. The number of carbonyl (C=O) groups excluding carboxylic acids is 1. The van der Waals surface area contributed by atoms with Gasteiger partial charge >= 0.3 is 0 Å². The zero-order valence-electron chi connectivity index (χ0n) is 10.3. The lowest BCUT2D eigenvalue weighted by Crippen LogP contribution is -2.38. The number of benzene rings is 1. The highest BCUT2D eigenvalue weighted by Crippen LogP contribution is 2.19. The number of rotatable bonds is 4. The van der Waals surface area contributed by atoms with E-state index in [0.29, 0.717) is 18.9 Å². The van der Waals surface area contributed by atoms with Crippen LogP contribution >= 0.6 is 0 Å². The fourth-order valence-electron chi connectivity index (χ4n) is 1.70. The van der Waals surface area contributed by atoms with Gasteiger partial charge in [0.05, 0.1) is 17.6 Å². The first-order chi connectivity index (χ1) is 9.16. The van der Waals surface area contributed by atoms with Crippen molar-refractivity contribution in [1.82, 2.24) is 5.06 Å². The van der Waals surface area contributed by atoms with E-state index in [4.69, 9.17) is 9.57 Å². The normalized spacial score (nSPS) is 15.1. The summed E-state index contributed by atoms with van der Waals surface area (Å²) in [5.41, 5.74) is -0.0702. The molecule has 0 atom stereocenters. The van der Waals surface area contributed by atoms with Crippen molar-refractivity contribution in [2.24, 2.45) is 0 Å². The molecule has 0 N–H and O–H groups in total. The third-order valence-electron chi connectivity index (χ3n) is 2.67. The number of amides is 1. The predicted molar refractivity (Wildman–Crippen MR) is 65.5 cm³/mol. The Labute approximate surface area is 109 Å². The lowest BCUT2D eigenvalue weighted by Gasteiger charge is -2.25. The molecule has 1 fully saturated rings. The van der Waals surface area contributed by atoms with Crippen LogP contribution in [-0.4, -0.2) is 35.7 Å². The SMILES string of the molecule is O=C(COc1cccc([N+](=O)[O-])c1)N1CCCCO1. The van der Waals surface area contributed by atoms with E-state index in [1.807, 2.05) is 0 Å². The maximum Gasteiger partial charge on any atom is 0.283 e. The molecule has 0 bridgehead atoms. The van der Waals surface area contributed by atoms with Gasteiger partial charge in [-0.3, -0.25) is 19.7 Å². The van der Waals surface area contributed by atoms with Gasteiger partial charge in [-0.15, -0.1) is 0 Å². The van der Waals surface area contributed by atoms with Crippen molar-refractivity contribution >= 4 is 11.6 Å². The summed E-state index contributed by atoms with van der Waals surface area (Å²) in [6.07, 6.45) is 1.85. The van der Waals surface area contributed by atoms with Crippen LogP contribution < -0.4 is 4.74 Å². The van der Waals surface area contributed by atoms with Crippen LogP contribution in [0.25, 0.3) is 0 Å². The highest BCUT2D eigenvalue weighted by atomic mass is 16.7. The average Bonchev–Trinajstić information content (AvgIpc) is 2.46. The molecule has 1 heterocycles. The van der Waals surface area contributed by atoms with E-state index in [2.05, 4.69) is 0 Å². The van der Waals surface area contributed by atoms with Gasteiger partial charge in [0.25, 0.3) is 11.6 Å². The van der Waals surface area contributed by atoms with Gasteiger partial charge in [0, 0.05) is 12.6 Å². The maximum absolute atomic E-state index is 11.7. The van der Waals surface area contributed by atoms with Gasteiger partial charge in [0.2, 0.25) is 0 Å². The number of nitrogens with zero attached hydrogens (tertiary/aromatic N) is 2. The first kappa shape index (κ1) is 13.3. The highest BCUT2D eigenvalue weighted by Gasteiger charge is 2.18. The van der Waals surface area contributed by atoms with Gasteiger partial charge in [-0.25, -0.2) is 5.06 Å². The molecule has 1 aliphatic rings. The summed E-state index contributed by atoms with van der Waals surface area (Å²) < 4.78 is 5.24. The molecule has 2 rings (SSSR count). The molecule has 1 aromatic carbocycles. The molecule has 0 aromatic heterocycles. The van der Waals surface area contributed by atoms with E-state index in [1.165, 1.54) is 23.3 Å². The van der Waals surface area contributed by atoms with Crippen LogP contribution in [0.4, 0.5) is 5.69 Å². The highest BCUT2D eigenvalue weighted by molar-refractivity contribution is 5.76. The predicted octanol–water partition coefficient (Wildman–Crippen LogP) is 1.53. The van der Waals surface area contributed by atoms with Crippen LogP contribution in [0.3, 0.4) is 0 Å². The molecular weight excluding hydrogens is 252 g/mol. The van der Waals surface area contributed by atoms with Crippen LogP contribution in [0, 0.1) is 10.1 Å². The van der Waals surface area contributed by atoms with Gasteiger partial charge < -0.3 is 4.74 Å². The Kier molecular flexibility index (Phi) is 4.30. The van der Waals surface area contributed by atoms with Crippen molar-refractivity contribution in [2.45, 2.75) is 12.8 Å². The third-order valence-corrected chi connectivity index (χ3v) is 2.67. The zero-order chi connectivity index (χ0) is 13.7. The van der Waals surface area contributed by atoms with Crippen LogP contribution in [0.15, 0.2) is 24.3 Å². The van der Waals surface area contributed by atoms with Crippen molar-refractivity contribution in [1.29, 1.82) is 0 Å². The molecular formula is C12H14N2O5. The first-order valence-electron chi connectivity index (χ1n) is 5.97. The molecule has 19 heavy (non-hydrogen) atoms. The smallest absolute Gasteiger partial charge is 0.283 e. The molecule has 0 saturated carbocycles. The Balaban J connectivity index is 1.89. The Morgan fingerprint density at radius 3 is 3.00 bits per heavy atom. The second-order valence-electron chi connectivity index (χ2n) is 4.08. The molecule has 7 nitrogen and oxygen atoms in total. The Hall–Kier alpha value is -2.15. The number of non-ortho nitro benzene ring substituents is 1. The molecule has 1 saturated heterocycles. The number of hydrogen-bond acceptors (Lipinski definition) is 5. The number of hydroxylamine groups is 2. The summed E-state index contributed by atoms with van der Waals surface area (Å²) in [4.78, 5) is 27.0. The van der Waals surface area contributed by atoms with Crippen LogP contribution in [-0.2, 0) is 9.63 Å². The van der Waals surface area contributed by atoms with Crippen LogP contribution in [0.1, 0.15) is 12.8 Å². The second-order valence-corrected chi connectivity index (χ2v) is 4.08. The lowest BCUT2D eigenvalue weighted by atomic mass is 10.3. The fraction of sp³-hybridized carbons (Fsp3) is 0.417. The summed E-state index contributed by atoms with van der Waals surface area (Å²) in [6, 6.07) is 5.72. The number of nitro groups is 1. The molecule has 0 radical (unpaired) electrons. The fourth-order valence-corrected chi connectivity index (χ4v) is 1.70. The summed E-state index contributed by atoms with van der Waals surface area (Å²) >= 11 is 0. The molecule has 7 heteroatoms. The Bertz CT molecular complexity index is 471. The Morgan fingerprint density at radius 2 is 2.32 bits per heavy atom. The number of ether oxygens (including phenoxy) is 1. The number of nitro benzene ring substituents is 1. The number of carbonyl (C=O) groups is 1. The maximum atomic E-state index is 11.7. The van der Waals surface area contributed by atoms with E-state index in [9.17, 15) is 14.9 Å². The van der Waals surface area contributed by atoms with Crippen LogP contribution in [0.2, 0.25) is 0 Å². The summed E-state index contributed by atoms with van der Waals surface area (Å²) in [5, 5.41) is 11.9. The van der Waals surface area contributed by atoms with E-state index >= 15 is 0 Å². The molecule has 1 aromatic rings.